The molecule has 3 nitrogen and oxygen atoms in total. The summed E-state index contributed by atoms with van der Waals surface area (Å²) in [6.45, 7) is 0. The topological polar surface area (TPSA) is 43.8 Å². The minimum Gasteiger partial charge on any atom is -0.336 e. The molecule has 0 aliphatic carbocycles. The van der Waals surface area contributed by atoms with Gasteiger partial charge in [-0.15, -0.1) is 0 Å². The van der Waals surface area contributed by atoms with Gasteiger partial charge in [0.15, 0.2) is 0 Å². The second-order valence-corrected chi connectivity index (χ2v) is 3.57. The Morgan fingerprint density at radius 2 is 2.12 bits per heavy atom. The minimum absolute atomic E-state index is 0.255. The second-order valence-electron chi connectivity index (χ2n) is 3.57. The molecule has 0 radical (unpaired) electrons. The van der Waals surface area contributed by atoms with Crippen LogP contribution < -0.4 is 5.73 Å². The van der Waals surface area contributed by atoms with Crippen LogP contribution in [-0.4, -0.2) is 9.55 Å². The normalized spacial score (nSPS) is 12.8. The van der Waals surface area contributed by atoms with E-state index >= 15 is 0 Å². The van der Waals surface area contributed by atoms with E-state index in [1.807, 2.05) is 0 Å². The van der Waals surface area contributed by atoms with Crippen molar-refractivity contribution in [1.29, 1.82) is 0 Å². The molecule has 0 bridgehead atoms. The summed E-state index contributed by atoms with van der Waals surface area (Å²) in [5.41, 5.74) is 6.82. The summed E-state index contributed by atoms with van der Waals surface area (Å²) >= 11 is 0. The largest absolute Gasteiger partial charge is 0.336 e. The smallest absolute Gasteiger partial charge is 0.131 e. The lowest BCUT2D eigenvalue weighted by molar-refractivity contribution is 0.562. The zero-order valence-corrected chi connectivity index (χ0v) is 8.69. The van der Waals surface area contributed by atoms with E-state index in [9.17, 15) is 8.78 Å². The Kier molecular flexibility index (Phi) is 2.70. The van der Waals surface area contributed by atoms with Crippen molar-refractivity contribution in [2.24, 2.45) is 12.8 Å². The molecule has 5 heteroatoms. The summed E-state index contributed by atoms with van der Waals surface area (Å²) < 4.78 is 27.9. The maximum absolute atomic E-state index is 13.5. The highest BCUT2D eigenvalue weighted by Crippen LogP contribution is 2.21. The summed E-state index contributed by atoms with van der Waals surface area (Å²) in [7, 11) is 1.77. The number of aromatic nitrogens is 2. The van der Waals surface area contributed by atoms with Crippen LogP contribution in [0.25, 0.3) is 0 Å². The van der Waals surface area contributed by atoms with Crippen molar-refractivity contribution >= 4 is 0 Å². The number of halogens is 2. The summed E-state index contributed by atoms with van der Waals surface area (Å²) in [4.78, 5) is 3.90. The lowest BCUT2D eigenvalue weighted by Gasteiger charge is -2.13. The van der Waals surface area contributed by atoms with Crippen LogP contribution in [-0.2, 0) is 7.05 Å². The Morgan fingerprint density at radius 1 is 1.38 bits per heavy atom. The predicted molar refractivity (Wildman–Crippen MR) is 55.6 cm³/mol. The zero-order valence-electron chi connectivity index (χ0n) is 8.69. The molecule has 0 aliphatic heterocycles. The molecule has 0 spiro atoms. The average Bonchev–Trinajstić information content (AvgIpc) is 2.63. The van der Waals surface area contributed by atoms with Crippen molar-refractivity contribution in [1.82, 2.24) is 9.55 Å². The summed E-state index contributed by atoms with van der Waals surface area (Å²) in [5, 5.41) is 0. The number of hydrogen-bond donors (Lipinski definition) is 1. The molecule has 0 fully saturated rings. The fourth-order valence-electron chi connectivity index (χ4n) is 1.58. The quantitative estimate of drug-likeness (QED) is 0.842. The molecule has 0 aliphatic rings. The van der Waals surface area contributed by atoms with Crippen LogP contribution in [0.2, 0.25) is 0 Å². The first kappa shape index (κ1) is 10.8. The first-order valence-electron chi connectivity index (χ1n) is 4.76. The molecule has 1 unspecified atom stereocenters. The molecule has 2 N–H and O–H groups in total. The third kappa shape index (κ3) is 1.81. The van der Waals surface area contributed by atoms with E-state index in [2.05, 4.69) is 4.98 Å². The van der Waals surface area contributed by atoms with Gasteiger partial charge in [-0.05, 0) is 6.07 Å². The van der Waals surface area contributed by atoms with E-state index in [1.165, 1.54) is 12.1 Å². The van der Waals surface area contributed by atoms with Gasteiger partial charge >= 0.3 is 0 Å². The molecule has 2 aromatic rings. The first-order chi connectivity index (χ1) is 7.59. The first-order valence-corrected chi connectivity index (χ1v) is 4.76. The van der Waals surface area contributed by atoms with Crippen LogP contribution in [0.4, 0.5) is 8.78 Å². The van der Waals surface area contributed by atoms with Crippen molar-refractivity contribution < 1.29 is 8.78 Å². The van der Waals surface area contributed by atoms with Crippen LogP contribution in [0.5, 0.6) is 0 Å². The number of benzene rings is 1. The van der Waals surface area contributed by atoms with Gasteiger partial charge in [0, 0.05) is 18.7 Å². The molecule has 0 saturated heterocycles. The van der Waals surface area contributed by atoms with E-state index in [0.717, 1.165) is 6.07 Å². The van der Waals surface area contributed by atoms with Crippen LogP contribution in [0.3, 0.4) is 0 Å². The van der Waals surface area contributed by atoms with Gasteiger partial charge in [-0.1, -0.05) is 6.07 Å². The van der Waals surface area contributed by atoms with Gasteiger partial charge < -0.3 is 10.3 Å². The van der Waals surface area contributed by atoms with Crippen molar-refractivity contribution in [3.8, 4) is 0 Å². The molecule has 1 aromatic heterocycles. The van der Waals surface area contributed by atoms with E-state index in [-0.39, 0.29) is 5.56 Å². The lowest BCUT2D eigenvalue weighted by atomic mass is 10.0. The predicted octanol–water partition coefficient (Wildman–Crippen LogP) is 1.75. The molecule has 84 valence electrons. The van der Waals surface area contributed by atoms with Gasteiger partial charge in [0.2, 0.25) is 0 Å². The van der Waals surface area contributed by atoms with Gasteiger partial charge in [0.05, 0.1) is 24.3 Å². The minimum atomic E-state index is -0.645. The third-order valence-electron chi connectivity index (χ3n) is 2.47. The summed E-state index contributed by atoms with van der Waals surface area (Å²) in [6.07, 6.45) is 3.14. The van der Waals surface area contributed by atoms with E-state index in [1.54, 1.807) is 24.1 Å². The molecule has 16 heavy (non-hydrogen) atoms. The molecule has 0 amide bonds. The molecule has 1 aromatic carbocycles. The third-order valence-corrected chi connectivity index (χ3v) is 2.47. The molecule has 1 atom stereocenters. The fraction of sp³-hybridized carbons (Fsp3) is 0.182. The van der Waals surface area contributed by atoms with Crippen molar-refractivity contribution in [2.75, 3.05) is 0 Å². The highest BCUT2D eigenvalue weighted by atomic mass is 19.1. The van der Waals surface area contributed by atoms with Crippen LogP contribution in [0.1, 0.15) is 17.3 Å². The Labute approximate surface area is 91.5 Å². The average molecular weight is 223 g/mol. The number of rotatable bonds is 2. The van der Waals surface area contributed by atoms with Crippen molar-refractivity contribution in [3.63, 3.8) is 0 Å². The van der Waals surface area contributed by atoms with E-state index in [4.69, 9.17) is 5.73 Å². The highest BCUT2D eigenvalue weighted by Gasteiger charge is 2.16. The Hall–Kier alpha value is -1.75. The Morgan fingerprint density at radius 3 is 2.69 bits per heavy atom. The van der Waals surface area contributed by atoms with Crippen LogP contribution in [0.15, 0.2) is 30.7 Å². The molecular weight excluding hydrogens is 212 g/mol. The Balaban J connectivity index is 2.41. The molecule has 2 rings (SSSR count). The monoisotopic (exact) mass is 223 g/mol. The van der Waals surface area contributed by atoms with E-state index in [0.29, 0.717) is 5.69 Å². The van der Waals surface area contributed by atoms with Gasteiger partial charge in [0.25, 0.3) is 0 Å². The highest BCUT2D eigenvalue weighted by molar-refractivity contribution is 5.28. The van der Waals surface area contributed by atoms with Crippen molar-refractivity contribution in [2.45, 2.75) is 6.04 Å². The van der Waals surface area contributed by atoms with Gasteiger partial charge in [-0.25, -0.2) is 13.8 Å². The number of nitrogens with zero attached hydrogens (tertiary/aromatic N) is 2. The Bertz CT molecular complexity index is 508. The maximum Gasteiger partial charge on any atom is 0.131 e. The zero-order chi connectivity index (χ0) is 11.7. The summed E-state index contributed by atoms with van der Waals surface area (Å²) in [6, 6.07) is 2.72. The number of hydrogen-bond acceptors (Lipinski definition) is 2. The lowest BCUT2D eigenvalue weighted by Crippen LogP contribution is -2.16. The molecular formula is C11H11F2N3. The maximum atomic E-state index is 13.5. The van der Waals surface area contributed by atoms with Crippen LogP contribution >= 0.6 is 0 Å². The van der Waals surface area contributed by atoms with E-state index < -0.39 is 17.7 Å². The van der Waals surface area contributed by atoms with Gasteiger partial charge in [-0.3, -0.25) is 0 Å². The van der Waals surface area contributed by atoms with Crippen molar-refractivity contribution in [3.05, 3.63) is 53.6 Å². The number of aryl methyl sites for hydroxylation is 1. The van der Waals surface area contributed by atoms with Crippen LogP contribution in [0, 0.1) is 11.6 Å². The standard InChI is InChI=1S/C11H11F2N3/c1-16-6-15-5-10(16)11(14)8-3-2-7(12)4-9(8)13/h2-6,11H,14H2,1H3. The SMILES string of the molecule is Cn1cncc1C(N)c1ccc(F)cc1F. The number of nitrogens with two attached hydrogens (primary N) is 1. The molecule has 1 heterocycles. The summed E-state index contributed by atoms with van der Waals surface area (Å²) in [5.74, 6) is -1.26. The second kappa shape index (κ2) is 4.02. The van der Waals surface area contributed by atoms with Gasteiger partial charge in [-0.2, -0.15) is 0 Å². The fourth-order valence-corrected chi connectivity index (χ4v) is 1.58. The van der Waals surface area contributed by atoms with Gasteiger partial charge in [0.1, 0.15) is 11.6 Å². The molecule has 0 saturated carbocycles. The number of imidazole rings is 1.